The summed E-state index contributed by atoms with van der Waals surface area (Å²) in [7, 11) is 0. The molecule has 0 unspecified atom stereocenters. The van der Waals surface area contributed by atoms with E-state index in [-0.39, 0.29) is 12.2 Å². The Kier molecular flexibility index (Phi) is 3.55. The van der Waals surface area contributed by atoms with Crippen LogP contribution in [0.25, 0.3) is 22.2 Å². The fourth-order valence-corrected chi connectivity index (χ4v) is 2.47. The molecule has 4 rings (SSSR count). The molecule has 116 valence electrons. The van der Waals surface area contributed by atoms with Crippen molar-refractivity contribution in [1.82, 2.24) is 19.9 Å². The Labute approximate surface area is 137 Å². The molecule has 0 atom stereocenters. The summed E-state index contributed by atoms with van der Waals surface area (Å²) in [6, 6.07) is 7.23. The van der Waals surface area contributed by atoms with Gasteiger partial charge >= 0.3 is 0 Å². The highest BCUT2D eigenvalue weighted by Gasteiger charge is 2.10. The number of ketones is 1. The number of hydrogen-bond acceptors (Lipinski definition) is 6. The van der Waals surface area contributed by atoms with Crippen molar-refractivity contribution >= 4 is 16.7 Å². The minimum atomic E-state index is 0.00333. The first-order valence-electron chi connectivity index (χ1n) is 7.36. The van der Waals surface area contributed by atoms with Crippen LogP contribution in [-0.4, -0.2) is 25.7 Å². The molecule has 0 spiro atoms. The molecule has 0 N–H and O–H groups in total. The van der Waals surface area contributed by atoms with E-state index in [0.717, 1.165) is 16.5 Å². The van der Waals surface area contributed by atoms with Gasteiger partial charge in [0.1, 0.15) is 0 Å². The summed E-state index contributed by atoms with van der Waals surface area (Å²) in [5.41, 5.74) is 2.91. The lowest BCUT2D eigenvalue weighted by Crippen LogP contribution is -2.05. The number of aromatic nitrogens is 4. The topological polar surface area (TPSA) is 81.8 Å². The number of carbonyl (C=O) groups is 1. The van der Waals surface area contributed by atoms with E-state index >= 15 is 0 Å². The molecule has 0 aliphatic carbocycles. The molecule has 4 aromatic rings. The summed E-state index contributed by atoms with van der Waals surface area (Å²) in [5, 5.41) is 0.899. The highest BCUT2D eigenvalue weighted by Crippen LogP contribution is 2.22. The summed E-state index contributed by atoms with van der Waals surface area (Å²) in [6.07, 6.45) is 9.85. The van der Waals surface area contributed by atoms with Crippen LogP contribution < -0.4 is 0 Å². The smallest absolute Gasteiger partial charge is 0.181 e. The van der Waals surface area contributed by atoms with E-state index in [9.17, 15) is 4.79 Å². The zero-order valence-corrected chi connectivity index (χ0v) is 12.6. The Balaban J connectivity index is 1.66. The molecule has 0 aromatic carbocycles. The predicted molar refractivity (Wildman–Crippen MR) is 87.3 cm³/mol. The molecular formula is C18H12N4O2. The second-order valence-electron chi connectivity index (χ2n) is 5.29. The Morgan fingerprint density at radius 1 is 1.00 bits per heavy atom. The van der Waals surface area contributed by atoms with Crippen LogP contribution in [-0.2, 0) is 6.42 Å². The van der Waals surface area contributed by atoms with Gasteiger partial charge in [0, 0.05) is 40.8 Å². The molecule has 6 nitrogen and oxygen atoms in total. The molecule has 4 aromatic heterocycles. The van der Waals surface area contributed by atoms with Crippen LogP contribution in [0.1, 0.15) is 16.1 Å². The van der Waals surface area contributed by atoms with E-state index in [1.807, 2.05) is 12.1 Å². The third-order valence-corrected chi connectivity index (χ3v) is 3.69. The van der Waals surface area contributed by atoms with Crippen LogP contribution in [0.3, 0.4) is 0 Å². The van der Waals surface area contributed by atoms with Crippen molar-refractivity contribution in [3.05, 3.63) is 72.9 Å². The maximum absolute atomic E-state index is 12.3. The quantitative estimate of drug-likeness (QED) is 0.538. The zero-order chi connectivity index (χ0) is 16.4. The maximum atomic E-state index is 12.3. The van der Waals surface area contributed by atoms with Crippen molar-refractivity contribution in [2.75, 3.05) is 0 Å². The van der Waals surface area contributed by atoms with E-state index in [2.05, 4.69) is 19.9 Å². The third-order valence-electron chi connectivity index (χ3n) is 3.69. The molecule has 0 amide bonds. The lowest BCUT2D eigenvalue weighted by molar-refractivity contribution is 0.0992. The predicted octanol–water partition coefficient (Wildman–Crippen LogP) is 3.11. The van der Waals surface area contributed by atoms with Gasteiger partial charge in [-0.15, -0.1) is 0 Å². The number of carbonyl (C=O) groups excluding carboxylic acids is 1. The van der Waals surface area contributed by atoms with Crippen molar-refractivity contribution < 1.29 is 9.21 Å². The minimum absolute atomic E-state index is 0.00333. The van der Waals surface area contributed by atoms with E-state index in [1.54, 1.807) is 43.1 Å². The number of nitrogens with zero attached hydrogens (tertiary/aromatic N) is 4. The lowest BCUT2D eigenvalue weighted by Gasteiger charge is -2.04. The molecule has 0 saturated heterocycles. The van der Waals surface area contributed by atoms with Gasteiger partial charge in [0.2, 0.25) is 0 Å². The Hall–Kier alpha value is -3.41. The normalized spacial score (nSPS) is 10.8. The summed E-state index contributed by atoms with van der Waals surface area (Å²) < 4.78 is 5.29. The Bertz CT molecular complexity index is 998. The standard InChI is InChI=1S/C18H12N4O2/c23-17(12-1-3-19-4-2-12)7-15-6-13-5-14(18-10-20-11-24-18)8-22-16(13)9-21-15/h1-6,8-11H,7H2. The van der Waals surface area contributed by atoms with Gasteiger partial charge in [0.05, 0.1) is 24.3 Å². The Morgan fingerprint density at radius 3 is 2.67 bits per heavy atom. The number of rotatable bonds is 4. The second kappa shape index (κ2) is 6.00. The first-order valence-corrected chi connectivity index (χ1v) is 7.36. The zero-order valence-electron chi connectivity index (χ0n) is 12.6. The van der Waals surface area contributed by atoms with Gasteiger partial charge in [-0.2, -0.15) is 0 Å². The van der Waals surface area contributed by atoms with Crippen molar-refractivity contribution in [2.45, 2.75) is 6.42 Å². The minimum Gasteiger partial charge on any atom is -0.443 e. The van der Waals surface area contributed by atoms with Gasteiger partial charge in [0.25, 0.3) is 0 Å². The van der Waals surface area contributed by atoms with Crippen LogP contribution in [0.5, 0.6) is 0 Å². The van der Waals surface area contributed by atoms with Crippen molar-refractivity contribution in [1.29, 1.82) is 0 Å². The number of fused-ring (bicyclic) bond motifs is 1. The molecule has 4 heterocycles. The fourth-order valence-electron chi connectivity index (χ4n) is 2.47. The van der Waals surface area contributed by atoms with E-state index < -0.39 is 0 Å². The summed E-state index contributed by atoms with van der Waals surface area (Å²) in [4.78, 5) is 28.8. The number of oxazole rings is 1. The second-order valence-corrected chi connectivity index (χ2v) is 5.29. The number of pyridine rings is 3. The van der Waals surface area contributed by atoms with Crippen LogP contribution in [0.4, 0.5) is 0 Å². The molecular weight excluding hydrogens is 304 g/mol. The molecule has 0 radical (unpaired) electrons. The van der Waals surface area contributed by atoms with Crippen LogP contribution >= 0.6 is 0 Å². The largest absolute Gasteiger partial charge is 0.443 e. The van der Waals surface area contributed by atoms with Gasteiger partial charge in [-0.05, 0) is 24.3 Å². The average Bonchev–Trinajstić information content (AvgIpc) is 3.16. The Morgan fingerprint density at radius 2 is 1.88 bits per heavy atom. The summed E-state index contributed by atoms with van der Waals surface area (Å²) in [5.74, 6) is 0.652. The van der Waals surface area contributed by atoms with Crippen LogP contribution in [0.2, 0.25) is 0 Å². The lowest BCUT2D eigenvalue weighted by atomic mass is 10.1. The van der Waals surface area contributed by atoms with Crippen LogP contribution in [0, 0.1) is 0 Å². The first kappa shape index (κ1) is 14.2. The van der Waals surface area contributed by atoms with Crippen molar-refractivity contribution in [3.8, 4) is 11.3 Å². The molecule has 6 heteroatoms. The molecule has 0 saturated carbocycles. The van der Waals surface area contributed by atoms with Crippen LogP contribution in [0.15, 0.2) is 66.1 Å². The highest BCUT2D eigenvalue weighted by atomic mass is 16.3. The highest BCUT2D eigenvalue weighted by molar-refractivity contribution is 5.97. The van der Waals surface area contributed by atoms with Gasteiger partial charge in [-0.1, -0.05) is 0 Å². The average molecular weight is 316 g/mol. The van der Waals surface area contributed by atoms with Gasteiger partial charge in [-0.25, -0.2) is 4.98 Å². The van der Waals surface area contributed by atoms with Gasteiger partial charge in [0.15, 0.2) is 17.9 Å². The molecule has 0 aliphatic rings. The first-order chi connectivity index (χ1) is 11.8. The monoisotopic (exact) mass is 316 g/mol. The molecule has 0 fully saturated rings. The molecule has 24 heavy (non-hydrogen) atoms. The van der Waals surface area contributed by atoms with E-state index in [1.165, 1.54) is 6.39 Å². The van der Waals surface area contributed by atoms with Crippen molar-refractivity contribution in [2.24, 2.45) is 0 Å². The van der Waals surface area contributed by atoms with E-state index in [4.69, 9.17) is 4.42 Å². The maximum Gasteiger partial charge on any atom is 0.181 e. The molecule has 0 bridgehead atoms. The summed E-state index contributed by atoms with van der Waals surface area (Å²) in [6.45, 7) is 0. The molecule has 0 aliphatic heterocycles. The van der Waals surface area contributed by atoms with Gasteiger partial charge in [-0.3, -0.25) is 19.7 Å². The third kappa shape index (κ3) is 2.77. The summed E-state index contributed by atoms with van der Waals surface area (Å²) >= 11 is 0. The number of Topliss-reactive ketones (excluding diaryl/α,β-unsaturated/α-hetero) is 1. The van der Waals surface area contributed by atoms with Crippen molar-refractivity contribution in [3.63, 3.8) is 0 Å². The van der Waals surface area contributed by atoms with Gasteiger partial charge < -0.3 is 4.42 Å². The SMILES string of the molecule is O=C(Cc1cc2cc(-c3cnco3)cnc2cn1)c1ccncc1. The number of hydrogen-bond donors (Lipinski definition) is 0. The van der Waals surface area contributed by atoms with E-state index in [0.29, 0.717) is 17.0 Å². The fraction of sp³-hybridized carbons (Fsp3) is 0.0556.